The molecule has 0 atom stereocenters. The van der Waals surface area contributed by atoms with Crippen LogP contribution in [0.5, 0.6) is 0 Å². The van der Waals surface area contributed by atoms with E-state index in [1.54, 1.807) is 0 Å². The van der Waals surface area contributed by atoms with E-state index < -0.39 is 14.6 Å². The molecule has 0 aromatic carbocycles. The molecule has 0 fully saturated rings. The first-order valence-electron chi connectivity index (χ1n) is 1.30. The Morgan fingerprint density at radius 2 is 0.692 bits per heavy atom. The summed E-state index contributed by atoms with van der Waals surface area (Å²) < 4.78 is 18.5. The van der Waals surface area contributed by atoms with Crippen molar-refractivity contribution < 1.29 is 152 Å². The fourth-order valence-corrected chi connectivity index (χ4v) is 0. The average molecular weight is 268 g/mol. The molecule has 0 unspecified atom stereocenters. The summed E-state index contributed by atoms with van der Waals surface area (Å²) in [6.07, 6.45) is 0. The minimum absolute atomic E-state index is 0. The smallest absolute Gasteiger partial charge is 0.807 e. The van der Waals surface area contributed by atoms with Crippen LogP contribution in [0.3, 0.4) is 0 Å². The summed E-state index contributed by atoms with van der Waals surface area (Å²) in [5.74, 6) is 0. The molecule has 7 nitrogen and oxygen atoms in total. The van der Waals surface area contributed by atoms with Gasteiger partial charge in [0.05, 0.1) is 0 Å². The van der Waals surface area contributed by atoms with Crippen LogP contribution < -0.4 is 138 Å². The molecule has 13 heteroatoms. The van der Waals surface area contributed by atoms with E-state index in [9.17, 15) is 28.7 Å². The van der Waals surface area contributed by atoms with Gasteiger partial charge in [0.1, 0.15) is 0 Å². The monoisotopic (exact) mass is 268 g/mol. The van der Waals surface area contributed by atoms with Gasteiger partial charge in [-0.25, -0.2) is 0 Å². The van der Waals surface area contributed by atoms with Crippen molar-refractivity contribution in [2.45, 2.75) is 0 Å². The Hall–Kier alpha value is 4.26. The van der Waals surface area contributed by atoms with Gasteiger partial charge in [0.25, 0.3) is 0 Å². The quantitative estimate of drug-likeness (QED) is 0.339. The second kappa shape index (κ2) is 14.3. The van der Waals surface area contributed by atoms with Crippen molar-refractivity contribution in [2.75, 3.05) is 0 Å². The van der Waals surface area contributed by atoms with Gasteiger partial charge in [0.2, 0.25) is 0 Å². The maximum atomic E-state index is 9.24. The van der Waals surface area contributed by atoms with Crippen LogP contribution in [0.1, 0.15) is 0 Å². The molecule has 58 valence electrons. The van der Waals surface area contributed by atoms with Gasteiger partial charge in [-0.3, -0.25) is 0 Å². The zero-order valence-electron chi connectivity index (χ0n) is 7.84. The third kappa shape index (κ3) is 18.8. The van der Waals surface area contributed by atoms with Crippen LogP contribution in [0.15, 0.2) is 0 Å². The van der Waals surface area contributed by atoms with Crippen molar-refractivity contribution in [2.24, 2.45) is 0 Å². The summed E-state index contributed by atoms with van der Waals surface area (Å²) in [7, 11) is -11.8. The van der Waals surface area contributed by atoms with E-state index in [0.29, 0.717) is 0 Å². The van der Waals surface area contributed by atoms with Crippen LogP contribution in [0, 0.1) is 0 Å². The maximum Gasteiger partial charge on any atom is 1.00 e. The van der Waals surface area contributed by atoms with Crippen molar-refractivity contribution in [3.05, 3.63) is 0 Å². The van der Waals surface area contributed by atoms with E-state index in [1.165, 1.54) is 0 Å². The van der Waals surface area contributed by atoms with Gasteiger partial charge < -0.3 is 34.2 Å². The van der Waals surface area contributed by atoms with E-state index in [-0.39, 0.29) is 124 Å². The van der Waals surface area contributed by atoms with Crippen LogP contribution in [-0.2, 0) is 9.13 Å². The van der Waals surface area contributed by atoms with Gasteiger partial charge in [0.15, 0.2) is 0 Å². The molecule has 2 N–H and O–H groups in total. The van der Waals surface area contributed by atoms with E-state index in [1.807, 2.05) is 0 Å². The summed E-state index contributed by atoms with van der Waals surface area (Å²) in [5.41, 5.74) is 0. The summed E-state index contributed by atoms with van der Waals surface area (Å²) >= 11 is 0. The Kier molecular flexibility index (Phi) is 39.7. The maximum absolute atomic E-state index is 9.24. The molecule has 0 amide bonds. The van der Waals surface area contributed by atoms with E-state index >= 15 is 0 Å². The van der Waals surface area contributed by atoms with Gasteiger partial charge >= 0.3 is 118 Å². The Morgan fingerprint density at radius 3 is 0.692 bits per heavy atom. The molecule has 0 rings (SSSR count). The summed E-state index contributed by atoms with van der Waals surface area (Å²) in [5, 5.41) is 0. The zero-order valence-corrected chi connectivity index (χ0v) is 17.6. The molecule has 0 bridgehead atoms. The second-order valence-corrected chi connectivity index (χ2v) is 5.75. The Labute approximate surface area is 164 Å². The molecule has 0 saturated heterocycles. The van der Waals surface area contributed by atoms with Gasteiger partial charge in [-0.1, -0.05) is 0 Å². The molecule has 0 aliphatic heterocycles. The molecule has 0 spiro atoms. The number of rotatable bonds is 1. The van der Waals surface area contributed by atoms with Crippen LogP contribution >= 0.6 is 14.6 Å². The largest absolute Gasteiger partial charge is 1.00 e. The fourth-order valence-electron chi connectivity index (χ4n) is 0. The molecule has 0 aromatic rings. The molecule has 0 saturated carbocycles. The minimum Gasteiger partial charge on any atom is -0.807 e. The average Bonchev–Trinajstić information content (AvgIpc) is 1.25. The van der Waals surface area contributed by atoms with Gasteiger partial charge in [-0.15, -0.1) is 0 Å². The first-order chi connectivity index (χ1) is 3.25. The van der Waals surface area contributed by atoms with Crippen LogP contribution in [0.25, 0.3) is 0 Å². The van der Waals surface area contributed by atoms with Crippen LogP contribution in [-0.4, -0.2) is 5.48 Å². The van der Waals surface area contributed by atoms with E-state index in [4.69, 9.17) is 0 Å². The predicted molar refractivity (Wildman–Crippen MR) is 18.8 cm³/mol. The number of hydrogen-bond acceptors (Lipinski definition) is 6. The van der Waals surface area contributed by atoms with E-state index in [2.05, 4.69) is 0 Å². The van der Waals surface area contributed by atoms with Crippen molar-refractivity contribution in [1.82, 2.24) is 0 Å². The van der Waals surface area contributed by atoms with Gasteiger partial charge in [0, 0.05) is 0 Å². The summed E-state index contributed by atoms with van der Waals surface area (Å²) in [4.78, 5) is 36.9. The van der Waals surface area contributed by atoms with Crippen molar-refractivity contribution in [3.63, 3.8) is 0 Å². The van der Waals surface area contributed by atoms with Crippen molar-refractivity contribution in [3.8, 4) is 0 Å². The molecule has 0 aliphatic rings. The normalized spacial score (nSPS) is 8.62. The summed E-state index contributed by atoms with van der Waals surface area (Å²) in [6.45, 7) is 0. The first kappa shape index (κ1) is 36.0. The Balaban J connectivity index is -0.0000000245. The predicted octanol–water partition coefficient (Wildman–Crippen LogP) is -16.1. The minimum atomic E-state index is -5.91. The van der Waals surface area contributed by atoms with Crippen LogP contribution in [0.2, 0.25) is 0 Å². The third-order valence-electron chi connectivity index (χ3n) is 0.300. The van der Waals surface area contributed by atoms with Crippen LogP contribution in [0.4, 0.5) is 0 Å². The van der Waals surface area contributed by atoms with Gasteiger partial charge in [-0.2, -0.15) is 0 Å². The standard InChI is InChI=1S/4Na.H4O6P2.H2O/c;;;;1-7(2,3)8(4,5)6;/h;;;;(H2,1,2,3)(H2,4,5,6);1H2/q4*+1;;/p-4. The Morgan fingerprint density at radius 1 is 0.615 bits per heavy atom. The van der Waals surface area contributed by atoms with E-state index in [0.717, 1.165) is 0 Å². The Bertz CT molecular complexity index is 147. The SMILES string of the molecule is O.O=P([O-])([O-])P(=O)([O-])[O-].[Na+].[Na+].[Na+].[Na+]. The third-order valence-corrected chi connectivity index (χ3v) is 2.70. The van der Waals surface area contributed by atoms with Crippen molar-refractivity contribution in [1.29, 1.82) is 0 Å². The molecular weight excluding hydrogens is 266 g/mol. The zero-order chi connectivity index (χ0) is 7.00. The van der Waals surface area contributed by atoms with Crippen molar-refractivity contribution >= 4 is 14.6 Å². The molecule has 0 heterocycles. The molecular formula is H2Na4O7P2. The first-order valence-corrected chi connectivity index (χ1v) is 5.09. The number of hydrogen-bond donors (Lipinski definition) is 0. The second-order valence-electron chi connectivity index (χ2n) is 0.937. The molecule has 13 heavy (non-hydrogen) atoms. The topological polar surface area (TPSA) is 158 Å². The fraction of sp³-hybridized carbons (Fsp3) is 0. The summed E-state index contributed by atoms with van der Waals surface area (Å²) in [6, 6.07) is 0. The molecule has 0 radical (unpaired) electrons. The molecule has 0 aliphatic carbocycles. The van der Waals surface area contributed by atoms with Gasteiger partial charge in [-0.05, 0) is 14.6 Å². The molecule has 0 aromatic heterocycles.